The Morgan fingerprint density at radius 3 is 1.86 bits per heavy atom. The molecule has 3 N–H and O–H groups in total. The summed E-state index contributed by atoms with van der Waals surface area (Å²) in [6.07, 6.45) is 5.20. The molecule has 4 atom stereocenters. The number of hydrogen-bond acceptors (Lipinski definition) is 18. The van der Waals surface area contributed by atoms with Gasteiger partial charge in [-0.25, -0.2) is 15.4 Å². The molecular formula is C58H70Cl2F2N14O7. The minimum Gasteiger partial charge on any atom is -0.506 e. The van der Waals surface area contributed by atoms with Crippen molar-refractivity contribution < 1.29 is 42.9 Å². The van der Waals surface area contributed by atoms with Gasteiger partial charge in [0.1, 0.15) is 48.7 Å². The van der Waals surface area contributed by atoms with E-state index in [1.165, 1.54) is 22.3 Å². The summed E-state index contributed by atoms with van der Waals surface area (Å²) in [5.41, 5.74) is 6.91. The van der Waals surface area contributed by atoms with Crippen LogP contribution >= 0.6 is 23.2 Å². The summed E-state index contributed by atoms with van der Waals surface area (Å²) >= 11 is 11.7. The maximum absolute atomic E-state index is 13.7. The zero-order chi connectivity index (χ0) is 59.6. The number of aryl methyl sites for hydroxylation is 2. The normalized spacial score (nSPS) is 20.5. The molecule has 6 aliphatic heterocycles. The smallest absolute Gasteiger partial charge is 0.318 e. The first-order chi connectivity index (χ1) is 39.8. The molecule has 83 heavy (non-hydrogen) atoms. The van der Waals surface area contributed by atoms with Crippen LogP contribution in [0.1, 0.15) is 81.7 Å². The lowest BCUT2D eigenvalue weighted by molar-refractivity contribution is -0.131. The van der Waals surface area contributed by atoms with Gasteiger partial charge in [-0.05, 0) is 108 Å². The number of benzene rings is 2. The van der Waals surface area contributed by atoms with Crippen molar-refractivity contribution in [2.75, 3.05) is 96.0 Å². The molecular weight excluding hydrogens is 1110 g/mol. The predicted molar refractivity (Wildman–Crippen MR) is 309 cm³/mol. The number of aromatic hydroxyl groups is 2. The summed E-state index contributed by atoms with van der Waals surface area (Å²) in [5, 5.41) is 32.6. The van der Waals surface area contributed by atoms with Crippen LogP contribution in [0.15, 0.2) is 49.1 Å². The molecule has 0 saturated carbocycles. The maximum atomic E-state index is 13.7. The summed E-state index contributed by atoms with van der Waals surface area (Å²) in [4.78, 5) is 71.0. The summed E-state index contributed by atoms with van der Waals surface area (Å²) in [6.45, 7) is 25.7. The van der Waals surface area contributed by atoms with Crippen LogP contribution in [-0.2, 0) is 42.3 Å². The molecule has 0 radical (unpaired) electrons. The number of carbonyl (C=O) groups excluding carboxylic acids is 3. The van der Waals surface area contributed by atoms with Gasteiger partial charge in [0.25, 0.3) is 11.8 Å². The van der Waals surface area contributed by atoms with Gasteiger partial charge in [-0.1, -0.05) is 36.4 Å². The number of aromatic nitrogens is 4. The zero-order valence-electron chi connectivity index (χ0n) is 47.2. The molecule has 10 rings (SSSR count). The van der Waals surface area contributed by atoms with Crippen molar-refractivity contribution in [3.8, 4) is 29.6 Å². The zero-order valence-corrected chi connectivity index (χ0v) is 48.7. The highest BCUT2D eigenvalue weighted by atomic mass is 35.5. The first-order valence-electron chi connectivity index (χ1n) is 27.6. The molecule has 2 aromatic heterocycles. The van der Waals surface area contributed by atoms with Crippen LogP contribution in [0.2, 0.25) is 10.0 Å². The Morgan fingerprint density at radius 2 is 1.31 bits per heavy atom. The summed E-state index contributed by atoms with van der Waals surface area (Å²) < 4.78 is 39.3. The number of piperazine rings is 2. The molecule has 2 aromatic carbocycles. The molecule has 6 aliphatic rings. The molecule has 21 nitrogen and oxygen atoms in total. The number of nitriles is 1. The molecule has 25 heteroatoms. The first-order valence-corrected chi connectivity index (χ1v) is 28.3. The fraction of sp³-hybridized carbons (Fsp3) is 0.500. The van der Waals surface area contributed by atoms with E-state index in [1.807, 2.05) is 11.8 Å². The number of nitrogens with one attached hydrogen (secondary N) is 1. The Balaban J connectivity index is 0.000000188. The highest BCUT2D eigenvalue weighted by molar-refractivity contribution is 6.32. The lowest BCUT2D eigenvalue weighted by Crippen LogP contribution is -2.56. The Labute approximate surface area is 492 Å². The van der Waals surface area contributed by atoms with Crippen LogP contribution in [-0.4, -0.2) is 183 Å². The second kappa shape index (κ2) is 27.9. The van der Waals surface area contributed by atoms with Gasteiger partial charge in [0.05, 0.1) is 40.0 Å². The molecule has 4 fully saturated rings. The van der Waals surface area contributed by atoms with E-state index in [1.54, 1.807) is 25.1 Å². The number of phenols is 2. The van der Waals surface area contributed by atoms with Crippen LogP contribution in [0.25, 0.3) is 4.85 Å². The minimum atomic E-state index is -1.03. The van der Waals surface area contributed by atoms with E-state index in [0.29, 0.717) is 125 Å². The molecule has 0 spiro atoms. The number of anilines is 2. The van der Waals surface area contributed by atoms with Gasteiger partial charge in [-0.3, -0.25) is 19.3 Å². The molecule has 0 bridgehead atoms. The number of nitrogens with zero attached hydrogens (tertiary/aromatic N) is 13. The Morgan fingerprint density at radius 1 is 0.771 bits per heavy atom. The number of rotatable bonds is 15. The first kappa shape index (κ1) is 61.8. The monoisotopic (exact) mass is 1180 g/mol. The van der Waals surface area contributed by atoms with Crippen molar-refractivity contribution in [2.45, 2.75) is 103 Å². The quantitative estimate of drug-likeness (QED) is 0.0641. The maximum Gasteiger partial charge on any atom is 0.318 e. The molecule has 0 aliphatic carbocycles. The van der Waals surface area contributed by atoms with Crippen molar-refractivity contribution in [1.82, 2.24) is 49.8 Å². The van der Waals surface area contributed by atoms with E-state index in [9.17, 15) is 33.5 Å². The van der Waals surface area contributed by atoms with Crippen LogP contribution in [0.5, 0.6) is 23.5 Å². The van der Waals surface area contributed by atoms with E-state index in [0.717, 1.165) is 77.4 Å². The van der Waals surface area contributed by atoms with Gasteiger partial charge in [-0.2, -0.15) is 25.2 Å². The van der Waals surface area contributed by atoms with Crippen molar-refractivity contribution in [3.05, 3.63) is 115 Å². The van der Waals surface area contributed by atoms with E-state index in [2.05, 4.69) is 68.1 Å². The topological polar surface area (TPSA) is 225 Å². The second-order valence-electron chi connectivity index (χ2n) is 21.7. The van der Waals surface area contributed by atoms with Gasteiger partial charge in [0.15, 0.2) is 11.7 Å². The average Bonchev–Trinajstić information content (AvgIpc) is 4.42. The average molecular weight is 1180 g/mol. The molecule has 442 valence electrons. The van der Waals surface area contributed by atoms with E-state index < -0.39 is 35.6 Å². The van der Waals surface area contributed by atoms with Gasteiger partial charge in [-0.15, -0.1) is 0 Å². The second-order valence-corrected chi connectivity index (χ2v) is 22.5. The van der Waals surface area contributed by atoms with Crippen LogP contribution in [0, 0.1) is 31.8 Å². The number of ether oxygens (including phenoxy) is 2. The number of hydrogen-bond donors (Lipinski definition) is 3. The molecule has 2 amide bonds. The van der Waals surface area contributed by atoms with Crippen molar-refractivity contribution >= 4 is 52.9 Å². The van der Waals surface area contributed by atoms with Crippen molar-refractivity contribution in [1.29, 1.82) is 5.26 Å². The van der Waals surface area contributed by atoms with Gasteiger partial charge < -0.3 is 59.2 Å². The Hall–Kier alpha value is -7.25. The Bertz CT molecular complexity index is 3180. The van der Waals surface area contributed by atoms with Crippen LogP contribution < -0.4 is 24.6 Å². The number of carbonyl (C=O) groups is 3. The molecule has 8 heterocycles. The van der Waals surface area contributed by atoms with Crippen LogP contribution in [0.3, 0.4) is 0 Å². The summed E-state index contributed by atoms with van der Waals surface area (Å²) in [7, 11) is 4.19. The SMILES string of the molecule is C=C(F)C(=O)N1CCN(c2nc(OC[C@@H]3CCCN3C)nc3c2CN(Cc2cc(O)c(Cl)cc2C)C3)C[C@@H]1CC#N.Cc1cc(Cl)c(O)cc1C=O.[C-]#[N+]C[C@H]1CN(c2nc(OC[C@@H]3CCCN3C)nc3c2CNC3)CCN1C(=O)C(=C)F. The van der Waals surface area contributed by atoms with E-state index in [-0.39, 0.29) is 36.0 Å². The van der Waals surface area contributed by atoms with Gasteiger partial charge in [0.2, 0.25) is 6.54 Å². The highest BCUT2D eigenvalue weighted by Crippen LogP contribution is 2.36. The van der Waals surface area contributed by atoms with E-state index in [4.69, 9.17) is 59.3 Å². The lowest BCUT2D eigenvalue weighted by Gasteiger charge is -2.41. The van der Waals surface area contributed by atoms with E-state index >= 15 is 0 Å². The molecule has 4 aromatic rings. The number of phenolic OH excluding ortho intramolecular Hbond substituents is 2. The summed E-state index contributed by atoms with van der Waals surface area (Å²) in [5.74, 6) is -2.09. The number of fused-ring (bicyclic) bond motifs is 2. The third kappa shape index (κ3) is 14.9. The fourth-order valence-electron chi connectivity index (χ4n) is 11.3. The Kier molecular flexibility index (Phi) is 20.8. The van der Waals surface area contributed by atoms with Gasteiger partial charge in [0, 0.05) is 101 Å². The fourth-order valence-corrected chi connectivity index (χ4v) is 11.7. The molecule has 0 unspecified atom stereocenters. The van der Waals surface area contributed by atoms with Gasteiger partial charge >= 0.3 is 12.0 Å². The minimum absolute atomic E-state index is 0.0453. The number of aldehydes is 1. The lowest BCUT2D eigenvalue weighted by atomic mass is 10.1. The number of amides is 2. The predicted octanol–water partition coefficient (Wildman–Crippen LogP) is 6.69. The number of halogens is 4. The molecule has 4 saturated heterocycles. The largest absolute Gasteiger partial charge is 0.506 e. The third-order valence-electron chi connectivity index (χ3n) is 16.0. The number of likely N-dealkylation sites (N-methyl/N-ethyl adjacent to an activating group) is 2. The third-order valence-corrected chi connectivity index (χ3v) is 16.6. The summed E-state index contributed by atoms with van der Waals surface area (Å²) in [6, 6.07) is 8.88. The van der Waals surface area contributed by atoms with Crippen LogP contribution in [0.4, 0.5) is 20.4 Å². The van der Waals surface area contributed by atoms with Crippen molar-refractivity contribution in [2.24, 2.45) is 0 Å². The van der Waals surface area contributed by atoms with Crippen molar-refractivity contribution in [3.63, 3.8) is 0 Å². The highest BCUT2D eigenvalue weighted by Gasteiger charge is 2.38. The number of likely N-dealkylation sites (tertiary alicyclic amines) is 2. The standard InChI is InChI=1S/C29H35ClFN7O3.C21H28FN7O2.C8H7ClO2/c1-18-11-24(30)26(39)12-20(18)13-36-15-23-25(16-36)33-29(41-17-22-5-4-8-35(22)3)34-27(23)37-9-10-38(28(40)19(2)31)21(14-37)6-7-32;1-14(22)20(30)29-8-7-28(12-16(29)9-23-2)19-17-10-24-11-18(17)25-21(26-19)31-13-15-5-4-6-27(15)3;1-5-2-7(9)8(11)3-6(5)4-10/h11-12,21-22,39H,2,4-6,8-10,13-17H2,1,3H3;15-16,24H,1,4-13H2,3H3;2-4,11H,1H3/t21-,22-;15-,16-;/m00./s1.